The van der Waals surface area contributed by atoms with Gasteiger partial charge in [0, 0.05) is 11.8 Å². The SMILES string of the molecule is CCC(CC)n1cc(N)c(-c2cccc(F)c2F)n1. The molecule has 2 aromatic rings. The lowest BCUT2D eigenvalue weighted by Gasteiger charge is -2.12. The largest absolute Gasteiger partial charge is 0.396 e. The van der Waals surface area contributed by atoms with E-state index in [0.717, 1.165) is 18.9 Å². The van der Waals surface area contributed by atoms with Crippen LogP contribution in [-0.2, 0) is 0 Å². The number of halogens is 2. The van der Waals surface area contributed by atoms with E-state index in [9.17, 15) is 8.78 Å². The van der Waals surface area contributed by atoms with Crippen LogP contribution in [0.5, 0.6) is 0 Å². The molecule has 19 heavy (non-hydrogen) atoms. The van der Waals surface area contributed by atoms with Crippen molar-refractivity contribution in [2.24, 2.45) is 0 Å². The lowest BCUT2D eigenvalue weighted by molar-refractivity contribution is 0.429. The fraction of sp³-hybridized carbons (Fsp3) is 0.357. The van der Waals surface area contributed by atoms with Gasteiger partial charge in [-0.15, -0.1) is 0 Å². The van der Waals surface area contributed by atoms with Crippen molar-refractivity contribution >= 4 is 5.69 Å². The molecule has 1 heterocycles. The number of hydrogen-bond acceptors (Lipinski definition) is 2. The molecular formula is C14H17F2N3. The van der Waals surface area contributed by atoms with Crippen LogP contribution in [-0.4, -0.2) is 9.78 Å². The van der Waals surface area contributed by atoms with Crippen molar-refractivity contribution in [2.45, 2.75) is 32.7 Å². The zero-order valence-electron chi connectivity index (χ0n) is 11.0. The first-order valence-corrected chi connectivity index (χ1v) is 6.37. The van der Waals surface area contributed by atoms with Gasteiger partial charge in [-0.25, -0.2) is 8.78 Å². The van der Waals surface area contributed by atoms with Crippen molar-refractivity contribution in [3.05, 3.63) is 36.0 Å². The van der Waals surface area contributed by atoms with Gasteiger partial charge in [-0.3, -0.25) is 4.68 Å². The molecule has 0 fully saturated rings. The van der Waals surface area contributed by atoms with Gasteiger partial charge in [0.1, 0.15) is 5.69 Å². The van der Waals surface area contributed by atoms with Crippen LogP contribution in [0.4, 0.5) is 14.5 Å². The normalized spacial score (nSPS) is 11.2. The second-order valence-corrected chi connectivity index (χ2v) is 4.48. The average Bonchev–Trinajstić information content (AvgIpc) is 2.76. The average molecular weight is 265 g/mol. The van der Waals surface area contributed by atoms with Gasteiger partial charge in [-0.1, -0.05) is 19.9 Å². The van der Waals surface area contributed by atoms with Crippen molar-refractivity contribution in [3.63, 3.8) is 0 Å². The van der Waals surface area contributed by atoms with Crippen molar-refractivity contribution in [1.82, 2.24) is 9.78 Å². The first kappa shape index (κ1) is 13.5. The molecule has 1 aromatic heterocycles. The Morgan fingerprint density at radius 1 is 1.26 bits per heavy atom. The summed E-state index contributed by atoms with van der Waals surface area (Å²) >= 11 is 0. The molecule has 0 saturated carbocycles. The summed E-state index contributed by atoms with van der Waals surface area (Å²) in [4.78, 5) is 0. The maximum Gasteiger partial charge on any atom is 0.168 e. The predicted molar refractivity (Wildman–Crippen MR) is 71.6 cm³/mol. The second-order valence-electron chi connectivity index (χ2n) is 4.48. The summed E-state index contributed by atoms with van der Waals surface area (Å²) in [5.41, 5.74) is 6.62. The summed E-state index contributed by atoms with van der Waals surface area (Å²) in [6.45, 7) is 4.10. The predicted octanol–water partition coefficient (Wildman–Crippen LogP) is 3.77. The van der Waals surface area contributed by atoms with E-state index < -0.39 is 11.6 Å². The molecule has 0 atom stereocenters. The topological polar surface area (TPSA) is 43.8 Å². The molecule has 0 amide bonds. The molecule has 0 unspecified atom stereocenters. The summed E-state index contributed by atoms with van der Waals surface area (Å²) in [6, 6.07) is 4.22. The summed E-state index contributed by atoms with van der Waals surface area (Å²) in [6.07, 6.45) is 3.49. The van der Waals surface area contributed by atoms with E-state index in [4.69, 9.17) is 5.73 Å². The highest BCUT2D eigenvalue weighted by Gasteiger charge is 2.17. The summed E-state index contributed by atoms with van der Waals surface area (Å²) in [5, 5.41) is 4.31. The van der Waals surface area contributed by atoms with Gasteiger partial charge in [-0.05, 0) is 25.0 Å². The Labute approximate surface area is 111 Å². The summed E-state index contributed by atoms with van der Waals surface area (Å²) < 4.78 is 28.7. The molecule has 0 bridgehead atoms. The Morgan fingerprint density at radius 2 is 1.95 bits per heavy atom. The molecule has 5 heteroatoms. The smallest absolute Gasteiger partial charge is 0.168 e. The highest BCUT2D eigenvalue weighted by Crippen LogP contribution is 2.29. The maximum atomic E-state index is 13.8. The molecule has 2 rings (SSSR count). The third-order valence-electron chi connectivity index (χ3n) is 3.28. The number of nitrogen functional groups attached to an aromatic ring is 1. The Morgan fingerprint density at radius 3 is 2.58 bits per heavy atom. The van der Waals surface area contributed by atoms with E-state index in [0.29, 0.717) is 11.4 Å². The molecule has 2 N–H and O–H groups in total. The van der Waals surface area contributed by atoms with Gasteiger partial charge < -0.3 is 5.73 Å². The van der Waals surface area contributed by atoms with Crippen LogP contribution in [0.2, 0.25) is 0 Å². The fourth-order valence-corrected chi connectivity index (χ4v) is 2.15. The first-order chi connectivity index (χ1) is 9.08. The summed E-state index contributed by atoms with van der Waals surface area (Å²) in [7, 11) is 0. The lowest BCUT2D eigenvalue weighted by Crippen LogP contribution is -2.07. The van der Waals surface area contributed by atoms with Crippen LogP contribution < -0.4 is 5.73 Å². The lowest BCUT2D eigenvalue weighted by atomic mass is 10.1. The molecule has 3 nitrogen and oxygen atoms in total. The van der Waals surface area contributed by atoms with Crippen molar-refractivity contribution in [2.75, 3.05) is 5.73 Å². The van der Waals surface area contributed by atoms with Crippen LogP contribution >= 0.6 is 0 Å². The number of benzene rings is 1. The van der Waals surface area contributed by atoms with Crippen LogP contribution in [0.3, 0.4) is 0 Å². The van der Waals surface area contributed by atoms with Crippen LogP contribution in [0.25, 0.3) is 11.3 Å². The second kappa shape index (κ2) is 5.38. The van der Waals surface area contributed by atoms with Gasteiger partial charge in [0.05, 0.1) is 11.7 Å². The number of nitrogens with two attached hydrogens (primary N) is 1. The number of hydrogen-bond donors (Lipinski definition) is 1. The molecule has 0 spiro atoms. The first-order valence-electron chi connectivity index (χ1n) is 6.37. The van der Waals surface area contributed by atoms with E-state index >= 15 is 0 Å². The number of anilines is 1. The van der Waals surface area contributed by atoms with Gasteiger partial charge in [0.25, 0.3) is 0 Å². The number of aromatic nitrogens is 2. The van der Waals surface area contributed by atoms with E-state index in [2.05, 4.69) is 18.9 Å². The minimum atomic E-state index is -0.913. The molecule has 1 aromatic carbocycles. The summed E-state index contributed by atoms with van der Waals surface area (Å²) in [5.74, 6) is -1.81. The van der Waals surface area contributed by atoms with E-state index in [1.165, 1.54) is 12.1 Å². The van der Waals surface area contributed by atoms with Gasteiger partial charge in [0.2, 0.25) is 0 Å². The van der Waals surface area contributed by atoms with Crippen LogP contribution in [0.1, 0.15) is 32.7 Å². The van der Waals surface area contributed by atoms with Crippen molar-refractivity contribution in [3.8, 4) is 11.3 Å². The number of rotatable bonds is 4. The van der Waals surface area contributed by atoms with Gasteiger partial charge >= 0.3 is 0 Å². The van der Waals surface area contributed by atoms with Crippen molar-refractivity contribution < 1.29 is 8.78 Å². The monoisotopic (exact) mass is 265 g/mol. The fourth-order valence-electron chi connectivity index (χ4n) is 2.15. The van der Waals surface area contributed by atoms with Gasteiger partial charge in [-0.2, -0.15) is 5.10 Å². The molecule has 0 aliphatic heterocycles. The Bertz CT molecular complexity index is 574. The minimum absolute atomic E-state index is 0.0993. The van der Waals surface area contributed by atoms with Gasteiger partial charge in [0.15, 0.2) is 11.6 Å². The number of nitrogens with zero attached hydrogens (tertiary/aromatic N) is 2. The third-order valence-corrected chi connectivity index (χ3v) is 3.28. The highest BCUT2D eigenvalue weighted by atomic mass is 19.2. The highest BCUT2D eigenvalue weighted by molar-refractivity contribution is 5.72. The molecule has 0 aliphatic rings. The van der Waals surface area contributed by atoms with E-state index in [1.54, 1.807) is 10.9 Å². The van der Waals surface area contributed by atoms with Crippen molar-refractivity contribution in [1.29, 1.82) is 0 Å². The Kier molecular flexibility index (Phi) is 3.83. The van der Waals surface area contributed by atoms with Crippen LogP contribution in [0.15, 0.2) is 24.4 Å². The Hall–Kier alpha value is -1.91. The zero-order valence-corrected chi connectivity index (χ0v) is 11.0. The zero-order chi connectivity index (χ0) is 14.0. The van der Waals surface area contributed by atoms with E-state index in [1.807, 2.05) is 0 Å². The maximum absolute atomic E-state index is 13.8. The molecule has 0 saturated heterocycles. The van der Waals surface area contributed by atoms with Crippen LogP contribution in [0, 0.1) is 11.6 Å². The van der Waals surface area contributed by atoms with E-state index in [-0.39, 0.29) is 11.6 Å². The molecule has 0 radical (unpaired) electrons. The molecule has 0 aliphatic carbocycles. The quantitative estimate of drug-likeness (QED) is 0.914. The minimum Gasteiger partial charge on any atom is -0.396 e. The Balaban J connectivity index is 2.49. The molecular weight excluding hydrogens is 248 g/mol. The standard InChI is InChI=1S/C14H17F2N3/c1-3-9(4-2)19-8-12(17)14(18-19)10-6-5-7-11(15)13(10)16/h5-9H,3-4,17H2,1-2H3. The third kappa shape index (κ3) is 2.45. The molecule has 102 valence electrons.